The lowest BCUT2D eigenvalue weighted by molar-refractivity contribution is 1.04. The van der Waals surface area contributed by atoms with Crippen LogP contribution in [-0.2, 0) is 6.42 Å². The molecule has 1 rings (SSSR count). The highest BCUT2D eigenvalue weighted by molar-refractivity contribution is 5.22. The highest BCUT2D eigenvalue weighted by atomic mass is 15.1. The zero-order chi connectivity index (χ0) is 7.40. The van der Waals surface area contributed by atoms with Crippen LogP contribution in [0.2, 0.25) is 0 Å². The molecular formula is C7H11N3. The van der Waals surface area contributed by atoms with Crippen LogP contribution in [-0.4, -0.2) is 17.0 Å². The SMILES string of the molecule is CCc1cnc(NC)nc1. The third-order valence-electron chi connectivity index (χ3n) is 1.34. The van der Waals surface area contributed by atoms with E-state index in [9.17, 15) is 0 Å². The Labute approximate surface area is 60.5 Å². The minimum absolute atomic E-state index is 0.678. The van der Waals surface area contributed by atoms with Gasteiger partial charge in [-0.1, -0.05) is 6.92 Å². The predicted octanol–water partition coefficient (Wildman–Crippen LogP) is 1.08. The van der Waals surface area contributed by atoms with Crippen molar-refractivity contribution in [3.8, 4) is 0 Å². The summed E-state index contributed by atoms with van der Waals surface area (Å²) >= 11 is 0. The average Bonchev–Trinajstić information content (AvgIpc) is 2.05. The Kier molecular flexibility index (Phi) is 2.20. The fourth-order valence-electron chi connectivity index (χ4n) is 0.666. The van der Waals surface area contributed by atoms with Crippen molar-refractivity contribution in [3.05, 3.63) is 18.0 Å². The molecule has 0 bridgehead atoms. The van der Waals surface area contributed by atoms with Crippen LogP contribution >= 0.6 is 0 Å². The number of hydrogen-bond acceptors (Lipinski definition) is 3. The Bertz CT molecular complexity index is 170. The quantitative estimate of drug-likeness (QED) is 0.662. The minimum atomic E-state index is 0.678. The first-order valence-electron chi connectivity index (χ1n) is 3.35. The molecule has 0 atom stereocenters. The van der Waals surface area contributed by atoms with Gasteiger partial charge in [0.2, 0.25) is 5.95 Å². The van der Waals surface area contributed by atoms with Gasteiger partial charge in [-0.2, -0.15) is 0 Å². The van der Waals surface area contributed by atoms with E-state index >= 15 is 0 Å². The topological polar surface area (TPSA) is 37.8 Å². The van der Waals surface area contributed by atoms with E-state index < -0.39 is 0 Å². The van der Waals surface area contributed by atoms with Gasteiger partial charge in [0, 0.05) is 19.4 Å². The lowest BCUT2D eigenvalue weighted by Crippen LogP contribution is -1.95. The molecule has 54 valence electrons. The van der Waals surface area contributed by atoms with Crippen LogP contribution in [0.1, 0.15) is 12.5 Å². The van der Waals surface area contributed by atoms with Crippen LogP contribution in [0.15, 0.2) is 12.4 Å². The van der Waals surface area contributed by atoms with E-state index in [0.29, 0.717) is 5.95 Å². The van der Waals surface area contributed by atoms with Crippen molar-refractivity contribution in [3.63, 3.8) is 0 Å². The lowest BCUT2D eigenvalue weighted by atomic mass is 10.3. The van der Waals surface area contributed by atoms with Crippen LogP contribution in [0.4, 0.5) is 5.95 Å². The number of aryl methyl sites for hydroxylation is 1. The molecule has 0 aliphatic carbocycles. The Balaban J connectivity index is 2.80. The molecule has 3 nitrogen and oxygen atoms in total. The van der Waals surface area contributed by atoms with Crippen molar-refractivity contribution in [1.29, 1.82) is 0 Å². The molecule has 0 amide bonds. The summed E-state index contributed by atoms with van der Waals surface area (Å²) in [7, 11) is 1.81. The number of anilines is 1. The van der Waals surface area contributed by atoms with Gasteiger partial charge < -0.3 is 5.32 Å². The van der Waals surface area contributed by atoms with Crippen molar-refractivity contribution in [1.82, 2.24) is 9.97 Å². The summed E-state index contributed by atoms with van der Waals surface area (Å²) in [5, 5.41) is 2.86. The number of nitrogens with zero attached hydrogens (tertiary/aromatic N) is 2. The molecule has 0 radical (unpaired) electrons. The molecule has 1 heterocycles. The maximum absolute atomic E-state index is 4.05. The summed E-state index contributed by atoms with van der Waals surface area (Å²) in [6.45, 7) is 2.08. The summed E-state index contributed by atoms with van der Waals surface area (Å²) in [5.74, 6) is 0.678. The van der Waals surface area contributed by atoms with E-state index in [4.69, 9.17) is 0 Å². The molecule has 10 heavy (non-hydrogen) atoms. The van der Waals surface area contributed by atoms with Gasteiger partial charge in [-0.05, 0) is 12.0 Å². The van der Waals surface area contributed by atoms with Crippen molar-refractivity contribution in [2.24, 2.45) is 0 Å². The van der Waals surface area contributed by atoms with Crippen molar-refractivity contribution >= 4 is 5.95 Å². The molecule has 0 aromatic carbocycles. The van der Waals surface area contributed by atoms with Crippen LogP contribution in [0, 0.1) is 0 Å². The van der Waals surface area contributed by atoms with Crippen molar-refractivity contribution in [2.45, 2.75) is 13.3 Å². The molecule has 0 spiro atoms. The first-order valence-corrected chi connectivity index (χ1v) is 3.35. The predicted molar refractivity (Wildman–Crippen MR) is 41.0 cm³/mol. The fourth-order valence-corrected chi connectivity index (χ4v) is 0.666. The van der Waals surface area contributed by atoms with Gasteiger partial charge in [-0.25, -0.2) is 9.97 Å². The van der Waals surface area contributed by atoms with Gasteiger partial charge in [-0.3, -0.25) is 0 Å². The van der Waals surface area contributed by atoms with E-state index in [2.05, 4.69) is 22.2 Å². The van der Waals surface area contributed by atoms with Crippen LogP contribution in [0.3, 0.4) is 0 Å². The Morgan fingerprint density at radius 2 is 2.00 bits per heavy atom. The van der Waals surface area contributed by atoms with Crippen LogP contribution in [0.25, 0.3) is 0 Å². The molecule has 0 unspecified atom stereocenters. The summed E-state index contributed by atoms with van der Waals surface area (Å²) in [6.07, 6.45) is 4.65. The van der Waals surface area contributed by atoms with E-state index in [1.54, 1.807) is 7.05 Å². The lowest BCUT2D eigenvalue weighted by Gasteiger charge is -1.97. The first kappa shape index (κ1) is 6.99. The highest BCUT2D eigenvalue weighted by Gasteiger charge is 1.90. The second kappa shape index (κ2) is 3.15. The largest absolute Gasteiger partial charge is 0.357 e. The van der Waals surface area contributed by atoms with Crippen molar-refractivity contribution in [2.75, 3.05) is 12.4 Å². The molecule has 1 N–H and O–H groups in total. The third-order valence-corrected chi connectivity index (χ3v) is 1.34. The maximum Gasteiger partial charge on any atom is 0.222 e. The molecule has 0 aliphatic rings. The minimum Gasteiger partial charge on any atom is -0.357 e. The second-order valence-electron chi connectivity index (χ2n) is 2.02. The fraction of sp³-hybridized carbons (Fsp3) is 0.429. The maximum atomic E-state index is 4.05. The van der Waals surface area contributed by atoms with Gasteiger partial charge >= 0.3 is 0 Å². The Morgan fingerprint density at radius 3 is 2.40 bits per heavy atom. The van der Waals surface area contributed by atoms with E-state index in [-0.39, 0.29) is 0 Å². The number of aromatic nitrogens is 2. The molecule has 0 fully saturated rings. The monoisotopic (exact) mass is 137 g/mol. The summed E-state index contributed by atoms with van der Waals surface area (Å²) in [5.41, 5.74) is 1.17. The van der Waals surface area contributed by atoms with Gasteiger partial charge in [0.15, 0.2) is 0 Å². The van der Waals surface area contributed by atoms with Gasteiger partial charge in [0.1, 0.15) is 0 Å². The Hall–Kier alpha value is -1.12. The van der Waals surface area contributed by atoms with Gasteiger partial charge in [0.25, 0.3) is 0 Å². The molecule has 0 aliphatic heterocycles. The molecule has 0 saturated heterocycles. The third kappa shape index (κ3) is 1.43. The van der Waals surface area contributed by atoms with E-state index in [1.165, 1.54) is 5.56 Å². The zero-order valence-corrected chi connectivity index (χ0v) is 6.26. The van der Waals surface area contributed by atoms with Gasteiger partial charge in [-0.15, -0.1) is 0 Å². The smallest absolute Gasteiger partial charge is 0.222 e. The summed E-state index contributed by atoms with van der Waals surface area (Å²) in [6, 6.07) is 0. The van der Waals surface area contributed by atoms with Crippen molar-refractivity contribution < 1.29 is 0 Å². The van der Waals surface area contributed by atoms with Crippen LogP contribution < -0.4 is 5.32 Å². The standard InChI is InChI=1S/C7H11N3/c1-3-6-4-9-7(8-2)10-5-6/h4-5H,3H2,1-2H3,(H,8,9,10). The van der Waals surface area contributed by atoms with E-state index in [1.807, 2.05) is 12.4 Å². The average molecular weight is 137 g/mol. The van der Waals surface area contributed by atoms with E-state index in [0.717, 1.165) is 6.42 Å². The number of nitrogens with one attached hydrogen (secondary N) is 1. The number of hydrogen-bond donors (Lipinski definition) is 1. The first-order chi connectivity index (χ1) is 4.86. The molecule has 3 heteroatoms. The second-order valence-corrected chi connectivity index (χ2v) is 2.02. The molecule has 1 aromatic heterocycles. The molecule has 0 saturated carbocycles. The highest BCUT2D eigenvalue weighted by Crippen LogP contribution is 1.98. The summed E-state index contributed by atoms with van der Waals surface area (Å²) in [4.78, 5) is 8.09. The number of rotatable bonds is 2. The summed E-state index contributed by atoms with van der Waals surface area (Å²) < 4.78 is 0. The van der Waals surface area contributed by atoms with Crippen LogP contribution in [0.5, 0.6) is 0 Å². The normalized spacial score (nSPS) is 9.40. The Morgan fingerprint density at radius 1 is 1.40 bits per heavy atom. The zero-order valence-electron chi connectivity index (χ0n) is 6.26. The molecular weight excluding hydrogens is 126 g/mol. The van der Waals surface area contributed by atoms with Gasteiger partial charge in [0.05, 0.1) is 0 Å². The molecule has 1 aromatic rings.